The van der Waals surface area contributed by atoms with Gasteiger partial charge in [-0.1, -0.05) is 11.6 Å². The Morgan fingerprint density at radius 3 is 1.92 bits per heavy atom. The molecule has 3 aromatic heterocycles. The Balaban J connectivity index is 0.000000390. The zero-order chi connectivity index (χ0) is 45.7. The van der Waals surface area contributed by atoms with Crippen LogP contribution >= 0.6 is 11.6 Å². The summed E-state index contributed by atoms with van der Waals surface area (Å²) in [6.07, 6.45) is -3.80. The SMILES string of the molecule is O=C(CC1CCN(c2ccncc2F)CC1)Nc1ccc2cc1CCc1cncc(c1)Nc1ncc(Cl)c(n1)N2.O=C(O)C(F)(F)F.O=C(O)C(F)(F)F.O=C(O)C(F)(F)F. The lowest BCUT2D eigenvalue weighted by atomic mass is 9.92. The third-order valence-corrected chi connectivity index (χ3v) is 8.30. The van der Waals surface area contributed by atoms with Gasteiger partial charge in [-0.05, 0) is 73.1 Å². The molecule has 2 aliphatic rings. The predicted octanol–water partition coefficient (Wildman–Crippen LogP) is 7.79. The van der Waals surface area contributed by atoms with E-state index in [1.807, 2.05) is 35.4 Å². The van der Waals surface area contributed by atoms with E-state index in [9.17, 15) is 48.7 Å². The molecule has 6 bridgehead atoms. The van der Waals surface area contributed by atoms with Gasteiger partial charge in [0.25, 0.3) is 0 Å². The van der Waals surface area contributed by atoms with Gasteiger partial charge in [0.05, 0.1) is 30.0 Å². The number of rotatable bonds is 4. The number of aliphatic carboxylic acids is 3. The first-order chi connectivity index (χ1) is 28.3. The van der Waals surface area contributed by atoms with Gasteiger partial charge in [-0.15, -0.1) is 0 Å². The number of aromatic nitrogens is 4. The maximum Gasteiger partial charge on any atom is 0.490 e. The molecule has 0 unspecified atom stereocenters. The van der Waals surface area contributed by atoms with Gasteiger partial charge in [-0.2, -0.15) is 44.5 Å². The summed E-state index contributed by atoms with van der Waals surface area (Å²) in [5.74, 6) is -7.49. The molecule has 330 valence electrons. The third kappa shape index (κ3) is 16.2. The van der Waals surface area contributed by atoms with E-state index in [-0.39, 0.29) is 17.6 Å². The van der Waals surface area contributed by atoms with Gasteiger partial charge < -0.3 is 36.2 Å². The van der Waals surface area contributed by atoms with Crippen LogP contribution in [0.25, 0.3) is 0 Å². The van der Waals surface area contributed by atoms with E-state index >= 15 is 0 Å². The molecule has 0 radical (unpaired) electrons. The normalized spacial score (nSPS) is 13.8. The first-order valence-corrected chi connectivity index (χ1v) is 17.4. The largest absolute Gasteiger partial charge is 0.490 e. The number of carboxylic acid groups (broad SMARTS) is 3. The van der Waals surface area contributed by atoms with E-state index in [0.717, 1.165) is 47.5 Å². The molecule has 4 aromatic rings. The van der Waals surface area contributed by atoms with Gasteiger partial charge in [0, 0.05) is 43.3 Å². The molecule has 1 fully saturated rings. The Labute approximate surface area is 341 Å². The van der Waals surface area contributed by atoms with E-state index in [1.54, 1.807) is 24.7 Å². The van der Waals surface area contributed by atoms with Crippen molar-refractivity contribution in [3.05, 3.63) is 83.3 Å². The van der Waals surface area contributed by atoms with Gasteiger partial charge in [-0.3, -0.25) is 14.8 Å². The van der Waals surface area contributed by atoms with E-state index in [1.165, 1.54) is 6.20 Å². The molecular formula is C35H31ClF10N8O7. The van der Waals surface area contributed by atoms with Crippen LogP contribution in [0.3, 0.4) is 0 Å². The highest BCUT2D eigenvalue weighted by Gasteiger charge is 2.39. The summed E-state index contributed by atoms with van der Waals surface area (Å²) < 4.78 is 109. The molecule has 15 nitrogen and oxygen atoms in total. The average molecular weight is 901 g/mol. The average Bonchev–Trinajstić information content (AvgIpc) is 3.16. The summed E-state index contributed by atoms with van der Waals surface area (Å²) in [6, 6.07) is 9.54. The summed E-state index contributed by atoms with van der Waals surface area (Å²) in [4.78, 5) is 58.8. The van der Waals surface area contributed by atoms with Crippen LogP contribution < -0.4 is 20.9 Å². The van der Waals surface area contributed by atoms with E-state index in [0.29, 0.717) is 48.4 Å². The number of anilines is 6. The molecule has 26 heteroatoms. The first-order valence-electron chi connectivity index (χ1n) is 17.0. The topological polar surface area (TPSA) is 220 Å². The quantitative estimate of drug-likeness (QED) is 0.108. The van der Waals surface area contributed by atoms with Gasteiger partial charge in [0.2, 0.25) is 11.9 Å². The number of pyridine rings is 2. The number of hydrogen-bond acceptors (Lipinski definition) is 11. The number of carbonyl (C=O) groups is 4. The minimum Gasteiger partial charge on any atom is -0.475 e. The minimum absolute atomic E-state index is 0.0234. The number of hydrogen-bond donors (Lipinski definition) is 6. The molecular weight excluding hydrogens is 870 g/mol. The van der Waals surface area contributed by atoms with Crippen LogP contribution in [0.5, 0.6) is 0 Å². The standard InChI is InChI=1S/C29H28ClFN8O.3C2HF3O2/c30-23-16-34-29-36-22-11-19(14-33-15-22)1-2-20-13-21(35-28(23)38-29)3-4-25(20)37-27(40)12-18-6-9-39(10-7-18)26-5-8-32-17-24(26)31;3*3-2(4,5)1(6)7/h3-5,8,11,13-18H,1-2,6-7,9-10,12H2,(H,37,40)(H2,34,35,36,38);3*(H,6,7). The van der Waals surface area contributed by atoms with Crippen LogP contribution in [0.4, 0.5) is 78.4 Å². The van der Waals surface area contributed by atoms with Crippen LogP contribution in [-0.4, -0.2) is 90.7 Å². The monoisotopic (exact) mass is 900 g/mol. The first kappa shape index (κ1) is 48.8. The van der Waals surface area contributed by atoms with Crippen molar-refractivity contribution in [2.75, 3.05) is 33.9 Å². The van der Waals surface area contributed by atoms with Crippen molar-refractivity contribution in [1.82, 2.24) is 19.9 Å². The number of fused-ring (bicyclic) bond motifs is 6. The van der Waals surface area contributed by atoms with E-state index in [2.05, 4.69) is 35.9 Å². The van der Waals surface area contributed by atoms with Crippen molar-refractivity contribution in [2.24, 2.45) is 5.92 Å². The summed E-state index contributed by atoms with van der Waals surface area (Å²) in [6.45, 7) is 1.42. The number of carboxylic acids is 3. The maximum absolute atomic E-state index is 14.1. The molecule has 5 heterocycles. The fourth-order valence-corrected chi connectivity index (χ4v) is 5.36. The van der Waals surface area contributed by atoms with Gasteiger partial charge in [0.15, 0.2) is 11.6 Å². The Kier molecular flexibility index (Phi) is 16.9. The molecule has 0 aliphatic carbocycles. The van der Waals surface area contributed by atoms with Crippen LogP contribution in [0.15, 0.2) is 61.3 Å². The van der Waals surface area contributed by atoms with Crippen molar-refractivity contribution in [1.29, 1.82) is 0 Å². The number of benzene rings is 1. The smallest absolute Gasteiger partial charge is 0.475 e. The van der Waals surface area contributed by atoms with Crippen LogP contribution in [0, 0.1) is 11.7 Å². The number of amides is 1. The number of piperidine rings is 1. The summed E-state index contributed by atoms with van der Waals surface area (Å²) in [5, 5.41) is 31.4. The van der Waals surface area contributed by atoms with Crippen LogP contribution in [0.1, 0.15) is 30.4 Å². The third-order valence-electron chi connectivity index (χ3n) is 8.03. The second-order valence-electron chi connectivity index (χ2n) is 12.5. The predicted molar refractivity (Wildman–Crippen MR) is 195 cm³/mol. The summed E-state index contributed by atoms with van der Waals surface area (Å²) in [5.41, 5.74) is 4.97. The Bertz CT molecular complexity index is 2110. The molecule has 61 heavy (non-hydrogen) atoms. The van der Waals surface area contributed by atoms with Crippen molar-refractivity contribution in [3.8, 4) is 0 Å². The van der Waals surface area contributed by atoms with E-state index < -0.39 is 36.4 Å². The molecule has 2 aliphatic heterocycles. The molecule has 1 amide bonds. The highest BCUT2D eigenvalue weighted by Crippen LogP contribution is 2.31. The fourth-order valence-electron chi connectivity index (χ4n) is 5.22. The number of aryl methyl sites for hydroxylation is 2. The Morgan fingerprint density at radius 2 is 1.36 bits per heavy atom. The second kappa shape index (κ2) is 21.1. The lowest BCUT2D eigenvalue weighted by molar-refractivity contribution is -0.193. The van der Waals surface area contributed by atoms with Gasteiger partial charge in [-0.25, -0.2) is 23.8 Å². The van der Waals surface area contributed by atoms with Crippen LogP contribution in [-0.2, 0) is 32.0 Å². The lowest BCUT2D eigenvalue weighted by Gasteiger charge is -2.33. The van der Waals surface area contributed by atoms with Gasteiger partial charge in [0.1, 0.15) is 5.02 Å². The van der Waals surface area contributed by atoms with Crippen LogP contribution in [0.2, 0.25) is 5.02 Å². The molecule has 0 saturated carbocycles. The molecule has 6 rings (SSSR count). The second-order valence-corrected chi connectivity index (χ2v) is 12.9. The zero-order valence-corrected chi connectivity index (χ0v) is 31.4. The Morgan fingerprint density at radius 1 is 0.770 bits per heavy atom. The lowest BCUT2D eigenvalue weighted by Crippen LogP contribution is -2.35. The van der Waals surface area contributed by atoms with Crippen molar-refractivity contribution < 1.29 is 78.4 Å². The number of halogens is 11. The maximum atomic E-state index is 14.1. The highest BCUT2D eigenvalue weighted by atomic mass is 35.5. The number of nitrogens with zero attached hydrogens (tertiary/aromatic N) is 5. The number of alkyl halides is 9. The zero-order valence-electron chi connectivity index (χ0n) is 30.7. The number of nitrogens with one attached hydrogen (secondary N) is 3. The number of carbonyl (C=O) groups excluding carboxylic acids is 1. The molecule has 0 atom stereocenters. The fraction of sp³-hybridized carbons (Fsp3) is 0.314. The highest BCUT2D eigenvalue weighted by molar-refractivity contribution is 6.32. The molecule has 1 aromatic carbocycles. The van der Waals surface area contributed by atoms with Crippen molar-refractivity contribution >= 4 is 69.9 Å². The van der Waals surface area contributed by atoms with E-state index in [4.69, 9.17) is 41.3 Å². The minimum atomic E-state index is -5.08. The molecule has 1 saturated heterocycles. The van der Waals surface area contributed by atoms with Crippen molar-refractivity contribution in [3.63, 3.8) is 0 Å². The van der Waals surface area contributed by atoms with Gasteiger partial charge >= 0.3 is 36.4 Å². The Hall–Kier alpha value is -6.53. The molecule has 6 N–H and O–H groups in total. The summed E-state index contributed by atoms with van der Waals surface area (Å²) in [7, 11) is 0. The molecule has 0 spiro atoms. The summed E-state index contributed by atoms with van der Waals surface area (Å²) >= 11 is 6.37. The van der Waals surface area contributed by atoms with Crippen molar-refractivity contribution in [2.45, 2.75) is 50.6 Å².